The van der Waals surface area contributed by atoms with Crippen molar-refractivity contribution in [3.63, 3.8) is 0 Å². The number of rotatable bonds is 3. The Bertz CT molecular complexity index is 602. The van der Waals surface area contributed by atoms with Gasteiger partial charge in [-0.2, -0.15) is 0 Å². The van der Waals surface area contributed by atoms with Gasteiger partial charge in [-0.05, 0) is 37.8 Å². The molecule has 130 valence electrons. The minimum Gasteiger partial charge on any atom is -0.366 e. The SMILES string of the molecule is C/C(=C\NC(=O)N1CCN(c2ccccc2F)CC1)C1CCCC1. The Hall–Kier alpha value is -2.04. The molecule has 0 aromatic heterocycles. The van der Waals surface area contributed by atoms with Gasteiger partial charge >= 0.3 is 6.03 Å². The number of nitrogens with one attached hydrogen (secondary N) is 1. The minimum atomic E-state index is -0.203. The molecule has 0 spiro atoms. The molecule has 1 saturated heterocycles. The molecule has 1 saturated carbocycles. The molecule has 0 radical (unpaired) electrons. The number of allylic oxidation sites excluding steroid dienone is 1. The molecule has 1 aromatic carbocycles. The lowest BCUT2D eigenvalue weighted by Gasteiger charge is -2.36. The molecule has 0 unspecified atom stereocenters. The van der Waals surface area contributed by atoms with E-state index in [2.05, 4.69) is 12.2 Å². The average molecular weight is 331 g/mol. The van der Waals surface area contributed by atoms with Gasteiger partial charge in [0.2, 0.25) is 0 Å². The maximum absolute atomic E-state index is 13.8. The van der Waals surface area contributed by atoms with Crippen molar-refractivity contribution < 1.29 is 9.18 Å². The Kier molecular flexibility index (Phi) is 5.38. The Balaban J connectivity index is 1.50. The Morgan fingerprint density at radius 3 is 2.50 bits per heavy atom. The molecule has 1 heterocycles. The number of para-hydroxylation sites is 1. The molecule has 2 amide bonds. The summed E-state index contributed by atoms with van der Waals surface area (Å²) < 4.78 is 13.8. The van der Waals surface area contributed by atoms with E-state index in [0.29, 0.717) is 37.8 Å². The molecule has 24 heavy (non-hydrogen) atoms. The zero-order chi connectivity index (χ0) is 16.9. The highest BCUT2D eigenvalue weighted by Crippen LogP contribution is 2.30. The van der Waals surface area contributed by atoms with Gasteiger partial charge in [0.15, 0.2) is 0 Å². The lowest BCUT2D eigenvalue weighted by atomic mass is 10.0. The molecule has 2 fully saturated rings. The van der Waals surface area contributed by atoms with E-state index in [4.69, 9.17) is 0 Å². The zero-order valence-corrected chi connectivity index (χ0v) is 14.3. The first kappa shape index (κ1) is 16.8. The van der Waals surface area contributed by atoms with E-state index < -0.39 is 0 Å². The summed E-state index contributed by atoms with van der Waals surface area (Å²) in [6.07, 6.45) is 6.93. The summed E-state index contributed by atoms with van der Waals surface area (Å²) >= 11 is 0. The van der Waals surface area contributed by atoms with Crippen LogP contribution in [0.25, 0.3) is 0 Å². The molecule has 5 heteroatoms. The van der Waals surface area contributed by atoms with Crippen LogP contribution in [-0.4, -0.2) is 37.1 Å². The van der Waals surface area contributed by atoms with E-state index in [0.717, 1.165) is 0 Å². The summed E-state index contributed by atoms with van der Waals surface area (Å²) in [5.74, 6) is 0.425. The van der Waals surface area contributed by atoms with Gasteiger partial charge in [-0.1, -0.05) is 30.5 Å². The lowest BCUT2D eigenvalue weighted by molar-refractivity contribution is 0.198. The number of carbonyl (C=O) groups excluding carboxylic acids is 1. The molecule has 1 aromatic rings. The number of hydrogen-bond donors (Lipinski definition) is 1. The van der Waals surface area contributed by atoms with Gasteiger partial charge in [0.05, 0.1) is 5.69 Å². The quantitative estimate of drug-likeness (QED) is 0.915. The number of hydrogen-bond acceptors (Lipinski definition) is 2. The van der Waals surface area contributed by atoms with Gasteiger partial charge in [-0.25, -0.2) is 9.18 Å². The predicted octanol–water partition coefficient (Wildman–Crippen LogP) is 3.75. The zero-order valence-electron chi connectivity index (χ0n) is 14.3. The third-order valence-corrected chi connectivity index (χ3v) is 5.18. The smallest absolute Gasteiger partial charge is 0.321 e. The van der Waals surface area contributed by atoms with Crippen molar-refractivity contribution in [2.45, 2.75) is 32.6 Å². The first-order chi connectivity index (χ1) is 11.6. The summed E-state index contributed by atoms with van der Waals surface area (Å²) in [4.78, 5) is 16.1. The number of benzene rings is 1. The molecule has 2 aliphatic rings. The van der Waals surface area contributed by atoms with Crippen LogP contribution in [0.1, 0.15) is 32.6 Å². The Labute approximate surface area is 143 Å². The van der Waals surface area contributed by atoms with Gasteiger partial charge in [-0.15, -0.1) is 0 Å². The second-order valence-electron chi connectivity index (χ2n) is 6.74. The van der Waals surface area contributed by atoms with Crippen molar-refractivity contribution in [2.75, 3.05) is 31.1 Å². The second-order valence-corrected chi connectivity index (χ2v) is 6.74. The van der Waals surface area contributed by atoms with Crippen LogP contribution in [0.5, 0.6) is 0 Å². The Morgan fingerprint density at radius 1 is 1.17 bits per heavy atom. The summed E-state index contributed by atoms with van der Waals surface area (Å²) in [5.41, 5.74) is 1.89. The highest BCUT2D eigenvalue weighted by molar-refractivity contribution is 5.75. The molecular weight excluding hydrogens is 305 g/mol. The van der Waals surface area contributed by atoms with Crippen LogP contribution in [0, 0.1) is 11.7 Å². The maximum Gasteiger partial charge on any atom is 0.321 e. The molecule has 0 atom stereocenters. The fourth-order valence-electron chi connectivity index (χ4n) is 3.62. The lowest BCUT2D eigenvalue weighted by Crippen LogP contribution is -2.51. The molecule has 3 rings (SSSR count). The van der Waals surface area contributed by atoms with Crippen LogP contribution in [-0.2, 0) is 0 Å². The van der Waals surface area contributed by atoms with Crippen molar-refractivity contribution in [2.24, 2.45) is 5.92 Å². The van der Waals surface area contributed by atoms with Crippen LogP contribution < -0.4 is 10.2 Å². The number of piperazine rings is 1. The predicted molar refractivity (Wildman–Crippen MR) is 94.4 cm³/mol. The number of urea groups is 1. The van der Waals surface area contributed by atoms with Crippen molar-refractivity contribution in [1.29, 1.82) is 0 Å². The van der Waals surface area contributed by atoms with Crippen LogP contribution in [0.15, 0.2) is 36.0 Å². The Morgan fingerprint density at radius 2 is 1.83 bits per heavy atom. The van der Waals surface area contributed by atoms with Gasteiger partial charge in [-0.3, -0.25) is 0 Å². The van der Waals surface area contributed by atoms with Gasteiger partial charge in [0.1, 0.15) is 5.82 Å². The topological polar surface area (TPSA) is 35.6 Å². The van der Waals surface area contributed by atoms with Crippen LogP contribution in [0.4, 0.5) is 14.9 Å². The monoisotopic (exact) mass is 331 g/mol. The molecule has 4 nitrogen and oxygen atoms in total. The molecule has 1 N–H and O–H groups in total. The van der Waals surface area contributed by atoms with E-state index in [9.17, 15) is 9.18 Å². The number of amides is 2. The first-order valence-corrected chi connectivity index (χ1v) is 8.87. The van der Waals surface area contributed by atoms with Gasteiger partial charge in [0.25, 0.3) is 0 Å². The third kappa shape index (κ3) is 3.89. The van der Waals surface area contributed by atoms with Crippen molar-refractivity contribution in [3.05, 3.63) is 41.9 Å². The molecule has 1 aliphatic heterocycles. The van der Waals surface area contributed by atoms with Gasteiger partial charge < -0.3 is 15.1 Å². The summed E-state index contributed by atoms with van der Waals surface area (Å²) in [6.45, 7) is 4.62. The largest absolute Gasteiger partial charge is 0.366 e. The van der Waals surface area contributed by atoms with Crippen molar-refractivity contribution >= 4 is 11.7 Å². The minimum absolute atomic E-state index is 0.0551. The molecule has 0 bridgehead atoms. The number of halogens is 1. The fraction of sp³-hybridized carbons (Fsp3) is 0.526. The van der Waals surface area contributed by atoms with E-state index >= 15 is 0 Å². The maximum atomic E-state index is 13.8. The molecule has 1 aliphatic carbocycles. The van der Waals surface area contributed by atoms with Crippen molar-refractivity contribution in [3.8, 4) is 0 Å². The van der Waals surface area contributed by atoms with Crippen LogP contribution >= 0.6 is 0 Å². The normalized spacial score (nSPS) is 19.7. The molecular formula is C19H26FN3O. The van der Waals surface area contributed by atoms with Crippen LogP contribution in [0.3, 0.4) is 0 Å². The van der Waals surface area contributed by atoms with Gasteiger partial charge in [0, 0.05) is 32.4 Å². The van der Waals surface area contributed by atoms with E-state index in [1.165, 1.54) is 37.3 Å². The highest BCUT2D eigenvalue weighted by atomic mass is 19.1. The van der Waals surface area contributed by atoms with Crippen molar-refractivity contribution in [1.82, 2.24) is 10.2 Å². The summed E-state index contributed by atoms with van der Waals surface area (Å²) in [7, 11) is 0. The van der Waals surface area contributed by atoms with E-state index in [-0.39, 0.29) is 11.8 Å². The van der Waals surface area contributed by atoms with Crippen LogP contribution in [0.2, 0.25) is 0 Å². The fourth-order valence-corrected chi connectivity index (χ4v) is 3.62. The second kappa shape index (κ2) is 7.69. The van der Waals surface area contributed by atoms with E-state index in [1.807, 2.05) is 17.2 Å². The highest BCUT2D eigenvalue weighted by Gasteiger charge is 2.22. The number of anilines is 1. The number of nitrogens with zero attached hydrogens (tertiary/aromatic N) is 2. The summed E-state index contributed by atoms with van der Waals surface area (Å²) in [6, 6.07) is 6.75. The summed E-state index contributed by atoms with van der Waals surface area (Å²) in [5, 5.41) is 2.93. The third-order valence-electron chi connectivity index (χ3n) is 5.18. The van der Waals surface area contributed by atoms with E-state index in [1.54, 1.807) is 17.0 Å². The first-order valence-electron chi connectivity index (χ1n) is 8.87. The standard InChI is InChI=1S/C19H26FN3O/c1-15(16-6-2-3-7-16)14-21-19(24)23-12-10-22(11-13-23)18-9-5-4-8-17(18)20/h4-5,8-9,14,16H,2-3,6-7,10-13H2,1H3,(H,21,24)/b15-14+. The average Bonchev–Trinajstić information content (AvgIpc) is 3.15. The number of carbonyl (C=O) groups is 1.